The Morgan fingerprint density at radius 2 is 2.24 bits per heavy atom. The molecular formula is C12H17BrN2O2. The molecule has 3 N–H and O–H groups in total. The zero-order valence-corrected chi connectivity index (χ0v) is 11.8. The van der Waals surface area contributed by atoms with Gasteiger partial charge in [0.1, 0.15) is 5.75 Å². The fourth-order valence-corrected chi connectivity index (χ4v) is 2.07. The largest absolute Gasteiger partial charge is 0.495 e. The van der Waals surface area contributed by atoms with Crippen LogP contribution in [0.3, 0.4) is 0 Å². The Kier molecular flexibility index (Phi) is 4.96. The first kappa shape index (κ1) is 14.0. The van der Waals surface area contributed by atoms with Gasteiger partial charge in [-0.05, 0) is 31.5 Å². The summed E-state index contributed by atoms with van der Waals surface area (Å²) in [6.45, 7) is 3.71. The lowest BCUT2D eigenvalue weighted by Crippen LogP contribution is -2.24. The minimum Gasteiger partial charge on any atom is -0.495 e. The molecule has 1 unspecified atom stereocenters. The number of hydrogen-bond donors (Lipinski definition) is 2. The number of carbonyl (C=O) groups is 1. The van der Waals surface area contributed by atoms with Gasteiger partial charge in [-0.1, -0.05) is 15.9 Å². The van der Waals surface area contributed by atoms with Gasteiger partial charge in [0.2, 0.25) is 5.91 Å². The molecule has 0 aliphatic rings. The number of anilines is 1. The van der Waals surface area contributed by atoms with Crippen molar-refractivity contribution in [3.63, 3.8) is 0 Å². The third-order valence-corrected chi connectivity index (χ3v) is 2.71. The van der Waals surface area contributed by atoms with E-state index >= 15 is 0 Å². The van der Waals surface area contributed by atoms with Crippen LogP contribution >= 0.6 is 15.9 Å². The van der Waals surface area contributed by atoms with Crippen molar-refractivity contribution in [2.24, 2.45) is 5.73 Å². The molecule has 0 aliphatic heterocycles. The molecule has 4 nitrogen and oxygen atoms in total. The van der Waals surface area contributed by atoms with Crippen molar-refractivity contribution in [3.8, 4) is 5.75 Å². The van der Waals surface area contributed by atoms with Crippen molar-refractivity contribution in [3.05, 3.63) is 22.2 Å². The van der Waals surface area contributed by atoms with Gasteiger partial charge in [-0.3, -0.25) is 4.79 Å². The van der Waals surface area contributed by atoms with Crippen LogP contribution in [0, 0.1) is 6.92 Å². The average Bonchev–Trinajstić information content (AvgIpc) is 2.20. The van der Waals surface area contributed by atoms with Gasteiger partial charge in [0.15, 0.2) is 0 Å². The summed E-state index contributed by atoms with van der Waals surface area (Å²) < 4.78 is 6.15. The molecule has 0 aliphatic carbocycles. The van der Waals surface area contributed by atoms with Crippen molar-refractivity contribution in [2.75, 3.05) is 12.4 Å². The summed E-state index contributed by atoms with van der Waals surface area (Å²) in [7, 11) is 1.57. The highest BCUT2D eigenvalue weighted by Gasteiger charge is 2.12. The molecule has 0 saturated heterocycles. The molecule has 0 bridgehead atoms. The smallest absolute Gasteiger partial charge is 0.226 e. The number of ether oxygens (including phenoxy) is 1. The Morgan fingerprint density at radius 1 is 1.59 bits per heavy atom. The van der Waals surface area contributed by atoms with Crippen LogP contribution in [0.1, 0.15) is 18.9 Å². The topological polar surface area (TPSA) is 64.3 Å². The number of nitrogens with two attached hydrogens (primary N) is 1. The van der Waals surface area contributed by atoms with Gasteiger partial charge in [-0.2, -0.15) is 0 Å². The molecule has 1 atom stereocenters. The summed E-state index contributed by atoms with van der Waals surface area (Å²) >= 11 is 3.38. The standard InChI is InChI=1S/C12H17BrN2O2/c1-7-4-9(13)6-10(17-3)12(7)15-11(16)5-8(2)14/h4,6,8H,5,14H2,1-3H3,(H,15,16). The first-order chi connectivity index (χ1) is 7.93. The molecule has 0 spiro atoms. The van der Waals surface area contributed by atoms with E-state index in [0.29, 0.717) is 17.9 Å². The summed E-state index contributed by atoms with van der Waals surface area (Å²) in [5, 5.41) is 2.82. The molecule has 5 heteroatoms. The first-order valence-electron chi connectivity index (χ1n) is 5.33. The second-order valence-electron chi connectivity index (χ2n) is 4.03. The fourth-order valence-electron chi connectivity index (χ4n) is 1.52. The van der Waals surface area contributed by atoms with Gasteiger partial charge >= 0.3 is 0 Å². The predicted octanol–water partition coefficient (Wildman–Crippen LogP) is 2.44. The van der Waals surface area contributed by atoms with E-state index in [0.717, 1.165) is 10.0 Å². The molecule has 0 heterocycles. The highest BCUT2D eigenvalue weighted by Crippen LogP contribution is 2.32. The van der Waals surface area contributed by atoms with Crippen LogP contribution in [0.25, 0.3) is 0 Å². The van der Waals surface area contributed by atoms with E-state index in [4.69, 9.17) is 10.5 Å². The maximum atomic E-state index is 11.7. The quantitative estimate of drug-likeness (QED) is 0.898. The van der Waals surface area contributed by atoms with Gasteiger partial charge in [0.05, 0.1) is 12.8 Å². The Morgan fingerprint density at radius 3 is 2.76 bits per heavy atom. The molecule has 1 aromatic carbocycles. The normalized spacial score (nSPS) is 12.1. The zero-order valence-electron chi connectivity index (χ0n) is 10.2. The molecule has 1 amide bonds. The van der Waals surface area contributed by atoms with Gasteiger partial charge in [-0.15, -0.1) is 0 Å². The first-order valence-corrected chi connectivity index (χ1v) is 6.13. The number of halogens is 1. The van der Waals surface area contributed by atoms with Crippen LogP contribution in [0.4, 0.5) is 5.69 Å². The number of benzene rings is 1. The molecule has 0 aromatic heterocycles. The second-order valence-corrected chi connectivity index (χ2v) is 4.95. The maximum Gasteiger partial charge on any atom is 0.226 e. The summed E-state index contributed by atoms with van der Waals surface area (Å²) in [5.41, 5.74) is 7.21. The number of rotatable bonds is 4. The van der Waals surface area contributed by atoms with Crippen LogP contribution in [0.15, 0.2) is 16.6 Å². The summed E-state index contributed by atoms with van der Waals surface area (Å²) in [6.07, 6.45) is 0.290. The van der Waals surface area contributed by atoms with E-state index < -0.39 is 0 Å². The zero-order chi connectivity index (χ0) is 13.0. The average molecular weight is 301 g/mol. The van der Waals surface area contributed by atoms with Crippen LogP contribution < -0.4 is 15.8 Å². The molecular weight excluding hydrogens is 284 g/mol. The van der Waals surface area contributed by atoms with Gasteiger partial charge in [-0.25, -0.2) is 0 Å². The van der Waals surface area contributed by atoms with Crippen LogP contribution in [0.5, 0.6) is 5.75 Å². The van der Waals surface area contributed by atoms with Crippen molar-refractivity contribution in [1.82, 2.24) is 0 Å². The number of nitrogens with one attached hydrogen (secondary N) is 1. The molecule has 17 heavy (non-hydrogen) atoms. The number of carbonyl (C=O) groups excluding carboxylic acids is 1. The summed E-state index contributed by atoms with van der Waals surface area (Å²) in [5.74, 6) is 0.527. The Balaban J connectivity index is 2.93. The van der Waals surface area contributed by atoms with E-state index in [1.54, 1.807) is 14.0 Å². The third-order valence-electron chi connectivity index (χ3n) is 2.26. The molecule has 0 saturated carbocycles. The van der Waals surface area contributed by atoms with Gasteiger partial charge < -0.3 is 15.8 Å². The van der Waals surface area contributed by atoms with Crippen molar-refractivity contribution in [1.29, 1.82) is 0 Å². The van der Waals surface area contributed by atoms with Crippen LogP contribution in [-0.2, 0) is 4.79 Å². The van der Waals surface area contributed by atoms with E-state index in [-0.39, 0.29) is 11.9 Å². The van der Waals surface area contributed by atoms with Crippen molar-refractivity contribution < 1.29 is 9.53 Å². The van der Waals surface area contributed by atoms with Crippen molar-refractivity contribution >= 4 is 27.5 Å². The second kappa shape index (κ2) is 6.02. The summed E-state index contributed by atoms with van der Waals surface area (Å²) in [6, 6.07) is 3.58. The Hall–Kier alpha value is -1.07. The number of hydrogen-bond acceptors (Lipinski definition) is 3. The monoisotopic (exact) mass is 300 g/mol. The highest BCUT2D eigenvalue weighted by molar-refractivity contribution is 9.10. The van der Waals surface area contributed by atoms with E-state index in [2.05, 4.69) is 21.2 Å². The van der Waals surface area contributed by atoms with E-state index in [1.165, 1.54) is 0 Å². The molecule has 94 valence electrons. The molecule has 0 radical (unpaired) electrons. The van der Waals surface area contributed by atoms with E-state index in [9.17, 15) is 4.79 Å². The van der Waals surface area contributed by atoms with Crippen LogP contribution in [0.2, 0.25) is 0 Å². The highest BCUT2D eigenvalue weighted by atomic mass is 79.9. The SMILES string of the molecule is COc1cc(Br)cc(C)c1NC(=O)CC(C)N. The Labute approximate surface area is 110 Å². The predicted molar refractivity (Wildman–Crippen MR) is 72.3 cm³/mol. The number of aryl methyl sites for hydroxylation is 1. The molecule has 1 aromatic rings. The lowest BCUT2D eigenvalue weighted by atomic mass is 10.1. The summed E-state index contributed by atoms with van der Waals surface area (Å²) in [4.78, 5) is 11.7. The minimum absolute atomic E-state index is 0.108. The van der Waals surface area contributed by atoms with Crippen molar-refractivity contribution in [2.45, 2.75) is 26.3 Å². The maximum absolute atomic E-state index is 11.7. The minimum atomic E-state index is -0.156. The third kappa shape index (κ3) is 4.02. The fraction of sp³-hybridized carbons (Fsp3) is 0.417. The molecule has 1 rings (SSSR count). The molecule has 0 fully saturated rings. The lowest BCUT2D eigenvalue weighted by molar-refractivity contribution is -0.116. The van der Waals surface area contributed by atoms with Crippen LogP contribution in [-0.4, -0.2) is 19.1 Å². The number of methoxy groups -OCH3 is 1. The number of amides is 1. The van der Waals surface area contributed by atoms with Gasteiger partial charge in [0, 0.05) is 16.9 Å². The lowest BCUT2D eigenvalue weighted by Gasteiger charge is -2.14. The van der Waals surface area contributed by atoms with Gasteiger partial charge in [0.25, 0.3) is 0 Å². The van der Waals surface area contributed by atoms with E-state index in [1.807, 2.05) is 19.1 Å². The Bertz CT molecular complexity index is 419.